The zero-order valence-corrected chi connectivity index (χ0v) is 10.4. The summed E-state index contributed by atoms with van der Waals surface area (Å²) in [5, 5.41) is 0.327. The number of rotatable bonds is 4. The molecular weight excluding hydrogens is 228 g/mol. The zero-order chi connectivity index (χ0) is 12.1. The second kappa shape index (κ2) is 5.65. The van der Waals surface area contributed by atoms with E-state index in [-0.39, 0.29) is 12.5 Å². The smallest absolute Gasteiger partial charge is 0.241 e. The van der Waals surface area contributed by atoms with Gasteiger partial charge in [0.15, 0.2) is 0 Å². The minimum atomic E-state index is 0.0172. The van der Waals surface area contributed by atoms with Crippen LogP contribution in [-0.4, -0.2) is 48.0 Å². The van der Waals surface area contributed by atoms with Crippen molar-refractivity contribution in [3.05, 3.63) is 17.5 Å². The average molecular weight is 243 g/mol. The van der Waals surface area contributed by atoms with Crippen molar-refractivity contribution in [1.29, 1.82) is 0 Å². The van der Waals surface area contributed by atoms with E-state index in [1.807, 2.05) is 11.8 Å². The number of likely N-dealkylation sites (N-methyl/N-ethyl adjacent to an activating group) is 2. The number of nitrogens with zero attached hydrogens (tertiary/aromatic N) is 4. The summed E-state index contributed by atoms with van der Waals surface area (Å²) < 4.78 is 0. The quantitative estimate of drug-likeness (QED) is 0.792. The van der Waals surface area contributed by atoms with Gasteiger partial charge in [-0.3, -0.25) is 9.78 Å². The molecule has 0 radical (unpaired) electrons. The van der Waals surface area contributed by atoms with Crippen molar-refractivity contribution in [3.8, 4) is 0 Å². The van der Waals surface area contributed by atoms with Gasteiger partial charge < -0.3 is 9.80 Å². The van der Waals surface area contributed by atoms with Crippen molar-refractivity contribution in [2.75, 3.05) is 32.1 Å². The van der Waals surface area contributed by atoms with E-state index in [0.29, 0.717) is 17.5 Å². The number of anilines is 1. The molecule has 0 aromatic carbocycles. The van der Waals surface area contributed by atoms with Crippen LogP contribution in [0.15, 0.2) is 12.4 Å². The molecule has 0 unspecified atom stereocenters. The number of aromatic nitrogens is 2. The van der Waals surface area contributed by atoms with Crippen LogP contribution in [0.1, 0.15) is 6.92 Å². The highest BCUT2D eigenvalue weighted by molar-refractivity contribution is 6.29. The third-order valence-corrected chi connectivity index (χ3v) is 2.31. The predicted molar refractivity (Wildman–Crippen MR) is 63.6 cm³/mol. The van der Waals surface area contributed by atoms with Gasteiger partial charge in [0.2, 0.25) is 5.91 Å². The predicted octanol–water partition coefficient (Wildman–Crippen LogP) is 1.04. The van der Waals surface area contributed by atoms with Crippen LogP contribution in [0, 0.1) is 0 Å². The molecule has 0 aliphatic heterocycles. The largest absolute Gasteiger partial charge is 0.347 e. The van der Waals surface area contributed by atoms with Crippen molar-refractivity contribution in [2.24, 2.45) is 0 Å². The fraction of sp³-hybridized carbons (Fsp3) is 0.500. The maximum atomic E-state index is 11.6. The minimum absolute atomic E-state index is 0.0172. The molecule has 0 saturated carbocycles. The van der Waals surface area contributed by atoms with Crippen LogP contribution in [0.2, 0.25) is 5.15 Å². The Kier molecular flexibility index (Phi) is 4.49. The molecule has 0 bridgehead atoms. The van der Waals surface area contributed by atoms with Crippen molar-refractivity contribution in [3.63, 3.8) is 0 Å². The van der Waals surface area contributed by atoms with E-state index in [1.54, 1.807) is 25.2 Å². The van der Waals surface area contributed by atoms with Gasteiger partial charge in [0.25, 0.3) is 0 Å². The summed E-state index contributed by atoms with van der Waals surface area (Å²) in [6.07, 6.45) is 3.06. The first-order valence-electron chi connectivity index (χ1n) is 4.97. The van der Waals surface area contributed by atoms with Gasteiger partial charge in [-0.25, -0.2) is 4.98 Å². The molecule has 6 heteroatoms. The lowest BCUT2D eigenvalue weighted by atomic mass is 10.4. The maximum Gasteiger partial charge on any atom is 0.241 e. The molecule has 0 fully saturated rings. The SMILES string of the molecule is CCN(CC(=O)N(C)C)c1cncc(Cl)n1. The van der Waals surface area contributed by atoms with Crippen LogP contribution in [0.25, 0.3) is 0 Å². The molecule has 0 aliphatic carbocycles. The Labute approximate surface area is 100 Å². The summed E-state index contributed by atoms with van der Waals surface area (Å²) >= 11 is 5.75. The Bertz CT molecular complexity index is 370. The van der Waals surface area contributed by atoms with Gasteiger partial charge in [0, 0.05) is 20.6 Å². The van der Waals surface area contributed by atoms with Gasteiger partial charge in [0.05, 0.1) is 18.9 Å². The van der Waals surface area contributed by atoms with Crippen molar-refractivity contribution in [1.82, 2.24) is 14.9 Å². The van der Waals surface area contributed by atoms with Gasteiger partial charge in [0.1, 0.15) is 11.0 Å². The Balaban J connectivity index is 2.78. The molecule has 0 aliphatic rings. The zero-order valence-electron chi connectivity index (χ0n) is 9.64. The highest BCUT2D eigenvalue weighted by Gasteiger charge is 2.12. The second-order valence-corrected chi connectivity index (χ2v) is 3.89. The third-order valence-electron chi connectivity index (χ3n) is 2.12. The first kappa shape index (κ1) is 12.7. The Hall–Kier alpha value is -1.36. The molecule has 1 aromatic rings. The molecule has 1 amide bonds. The molecule has 0 saturated heterocycles. The summed E-state index contributed by atoms with van der Waals surface area (Å²) in [5.74, 6) is 0.633. The lowest BCUT2D eigenvalue weighted by Gasteiger charge is -2.22. The third kappa shape index (κ3) is 3.34. The maximum absolute atomic E-state index is 11.6. The van der Waals surface area contributed by atoms with Crippen LogP contribution in [0.3, 0.4) is 0 Å². The summed E-state index contributed by atoms with van der Waals surface area (Å²) in [6, 6.07) is 0. The van der Waals surface area contributed by atoms with Gasteiger partial charge in [-0.15, -0.1) is 0 Å². The molecule has 1 rings (SSSR count). The number of hydrogen-bond donors (Lipinski definition) is 0. The Morgan fingerprint density at radius 2 is 2.12 bits per heavy atom. The highest BCUT2D eigenvalue weighted by atomic mass is 35.5. The van der Waals surface area contributed by atoms with Gasteiger partial charge in [-0.05, 0) is 6.92 Å². The van der Waals surface area contributed by atoms with Gasteiger partial charge in [-0.1, -0.05) is 11.6 Å². The van der Waals surface area contributed by atoms with Crippen LogP contribution in [-0.2, 0) is 4.79 Å². The van der Waals surface area contributed by atoms with Crippen molar-refractivity contribution >= 4 is 23.3 Å². The van der Waals surface area contributed by atoms with Gasteiger partial charge >= 0.3 is 0 Å². The van der Waals surface area contributed by atoms with Crippen LogP contribution in [0.5, 0.6) is 0 Å². The molecule has 0 atom stereocenters. The van der Waals surface area contributed by atoms with Crippen LogP contribution < -0.4 is 4.90 Å². The van der Waals surface area contributed by atoms with E-state index in [4.69, 9.17) is 11.6 Å². The Morgan fingerprint density at radius 3 is 2.62 bits per heavy atom. The topological polar surface area (TPSA) is 49.3 Å². The molecule has 88 valence electrons. The fourth-order valence-electron chi connectivity index (χ4n) is 1.14. The molecule has 1 aromatic heterocycles. The van der Waals surface area contributed by atoms with E-state index >= 15 is 0 Å². The van der Waals surface area contributed by atoms with E-state index in [1.165, 1.54) is 6.20 Å². The molecular formula is C10H15ClN4O. The Morgan fingerprint density at radius 1 is 1.44 bits per heavy atom. The van der Waals surface area contributed by atoms with Crippen LogP contribution in [0.4, 0.5) is 5.82 Å². The molecule has 0 spiro atoms. The standard InChI is InChI=1S/C10H15ClN4O/c1-4-15(7-10(16)14(2)3)9-6-12-5-8(11)13-9/h5-6H,4,7H2,1-3H3. The van der Waals surface area contributed by atoms with Crippen LogP contribution >= 0.6 is 11.6 Å². The molecule has 5 nitrogen and oxygen atoms in total. The molecule has 1 heterocycles. The normalized spacial score (nSPS) is 10.0. The van der Waals surface area contributed by atoms with Crippen molar-refractivity contribution < 1.29 is 4.79 Å². The summed E-state index contributed by atoms with van der Waals surface area (Å²) in [5.41, 5.74) is 0. The van der Waals surface area contributed by atoms with E-state index in [2.05, 4.69) is 9.97 Å². The summed E-state index contributed by atoms with van der Waals surface area (Å²) in [4.78, 5) is 23.0. The number of amides is 1. The molecule has 16 heavy (non-hydrogen) atoms. The first-order chi connectivity index (χ1) is 7.54. The lowest BCUT2D eigenvalue weighted by molar-refractivity contribution is -0.127. The number of carbonyl (C=O) groups is 1. The minimum Gasteiger partial charge on any atom is -0.347 e. The lowest BCUT2D eigenvalue weighted by Crippen LogP contribution is -2.37. The number of carbonyl (C=O) groups excluding carboxylic acids is 1. The first-order valence-corrected chi connectivity index (χ1v) is 5.35. The number of halogens is 1. The summed E-state index contributed by atoms with van der Waals surface area (Å²) in [7, 11) is 3.44. The average Bonchev–Trinajstić information content (AvgIpc) is 2.25. The van der Waals surface area contributed by atoms with E-state index < -0.39 is 0 Å². The van der Waals surface area contributed by atoms with Gasteiger partial charge in [-0.2, -0.15) is 0 Å². The monoisotopic (exact) mass is 242 g/mol. The molecule has 0 N–H and O–H groups in total. The summed E-state index contributed by atoms with van der Waals surface area (Å²) in [6.45, 7) is 2.90. The van der Waals surface area contributed by atoms with E-state index in [0.717, 1.165) is 0 Å². The number of hydrogen-bond acceptors (Lipinski definition) is 4. The van der Waals surface area contributed by atoms with E-state index in [9.17, 15) is 4.79 Å². The second-order valence-electron chi connectivity index (χ2n) is 3.50. The van der Waals surface area contributed by atoms with Crippen molar-refractivity contribution in [2.45, 2.75) is 6.92 Å². The fourth-order valence-corrected chi connectivity index (χ4v) is 1.29. The highest BCUT2D eigenvalue weighted by Crippen LogP contribution is 2.12.